The summed E-state index contributed by atoms with van der Waals surface area (Å²) in [6.07, 6.45) is 9.21. The normalized spacial score (nSPS) is 11.6. The van der Waals surface area contributed by atoms with Crippen molar-refractivity contribution in [2.45, 2.75) is 78.7 Å². The number of carbonyl (C=O) groups excluding carboxylic acids is 1. The van der Waals surface area contributed by atoms with Gasteiger partial charge in [0, 0.05) is 10.3 Å². The molecule has 0 unspecified atom stereocenters. The molecule has 3 heteroatoms. The van der Waals surface area contributed by atoms with Crippen LogP contribution < -0.4 is 5.32 Å². The number of amides is 1. The van der Waals surface area contributed by atoms with Gasteiger partial charge in [-0.1, -0.05) is 65.4 Å². The third-order valence-corrected chi connectivity index (χ3v) is 5.09. The molecule has 0 spiro atoms. The molecule has 1 N–H and O–H groups in total. The molecule has 0 saturated carbocycles. The fraction of sp³-hybridized carbons (Fsp3) is 0.722. The highest BCUT2D eigenvalue weighted by atomic mass is 32.1. The van der Waals surface area contributed by atoms with Gasteiger partial charge in [-0.15, -0.1) is 11.3 Å². The summed E-state index contributed by atoms with van der Waals surface area (Å²) in [6.45, 7) is 7.26. The maximum absolute atomic E-state index is 12.6. The van der Waals surface area contributed by atoms with Crippen LogP contribution in [0.2, 0.25) is 0 Å². The molecule has 1 heterocycles. The molecule has 0 radical (unpaired) electrons. The van der Waals surface area contributed by atoms with Crippen molar-refractivity contribution in [3.05, 3.63) is 22.4 Å². The maximum atomic E-state index is 12.6. The molecule has 0 aliphatic carbocycles. The second-order valence-electron chi connectivity index (χ2n) is 6.24. The van der Waals surface area contributed by atoms with Crippen LogP contribution in [-0.2, 0) is 11.3 Å². The van der Waals surface area contributed by atoms with Gasteiger partial charge in [0.05, 0.1) is 6.54 Å². The highest BCUT2D eigenvalue weighted by Gasteiger charge is 2.31. The predicted octanol–water partition coefficient (Wildman–Crippen LogP) is 5.53. The highest BCUT2D eigenvalue weighted by molar-refractivity contribution is 7.09. The molecule has 0 saturated heterocycles. The molecule has 0 aliphatic rings. The maximum Gasteiger partial charge on any atom is 0.226 e. The second kappa shape index (κ2) is 9.99. The largest absolute Gasteiger partial charge is 0.351 e. The van der Waals surface area contributed by atoms with Gasteiger partial charge in [0.15, 0.2) is 0 Å². The monoisotopic (exact) mass is 309 g/mol. The van der Waals surface area contributed by atoms with Crippen LogP contribution in [-0.4, -0.2) is 5.91 Å². The molecule has 1 rings (SSSR count). The minimum Gasteiger partial charge on any atom is -0.351 e. The van der Waals surface area contributed by atoms with E-state index >= 15 is 0 Å². The van der Waals surface area contributed by atoms with Crippen LogP contribution in [0.25, 0.3) is 0 Å². The minimum absolute atomic E-state index is 0.193. The Morgan fingerprint density at radius 2 is 1.76 bits per heavy atom. The summed E-state index contributed by atoms with van der Waals surface area (Å²) in [5.41, 5.74) is -0.193. The Kier molecular flexibility index (Phi) is 8.67. The molecule has 2 nitrogen and oxygen atoms in total. The van der Waals surface area contributed by atoms with Crippen molar-refractivity contribution < 1.29 is 4.79 Å². The lowest BCUT2D eigenvalue weighted by Crippen LogP contribution is -2.38. The molecule has 21 heavy (non-hydrogen) atoms. The zero-order valence-electron chi connectivity index (χ0n) is 13.9. The Labute approximate surface area is 134 Å². The van der Waals surface area contributed by atoms with Crippen LogP contribution in [0.3, 0.4) is 0 Å². The third kappa shape index (κ3) is 6.64. The van der Waals surface area contributed by atoms with Crippen LogP contribution in [0.5, 0.6) is 0 Å². The van der Waals surface area contributed by atoms with E-state index in [1.807, 2.05) is 6.07 Å². The van der Waals surface area contributed by atoms with Crippen molar-refractivity contribution in [1.82, 2.24) is 5.32 Å². The summed E-state index contributed by atoms with van der Waals surface area (Å²) in [7, 11) is 0. The van der Waals surface area contributed by atoms with E-state index in [0.29, 0.717) is 6.54 Å². The van der Waals surface area contributed by atoms with Crippen LogP contribution in [0.1, 0.15) is 77.0 Å². The standard InChI is InChI=1S/C18H31NOS/c1-4-6-8-12-18(3,13-9-7-5-2)17(20)19-15-16-11-10-14-21-16/h10-11,14H,4-9,12-13,15H2,1-3H3,(H,19,20). The number of hydrogen-bond acceptors (Lipinski definition) is 2. The van der Waals surface area contributed by atoms with Crippen molar-refractivity contribution in [2.24, 2.45) is 5.41 Å². The zero-order valence-corrected chi connectivity index (χ0v) is 14.7. The Hall–Kier alpha value is -0.830. The molecular formula is C18H31NOS. The number of thiophene rings is 1. The molecule has 1 aromatic rings. The Morgan fingerprint density at radius 3 is 2.24 bits per heavy atom. The first-order valence-corrected chi connectivity index (χ1v) is 9.31. The summed E-state index contributed by atoms with van der Waals surface area (Å²) in [5, 5.41) is 5.21. The van der Waals surface area contributed by atoms with E-state index in [9.17, 15) is 4.79 Å². The van der Waals surface area contributed by atoms with Crippen molar-refractivity contribution in [3.8, 4) is 0 Å². The Balaban J connectivity index is 2.53. The zero-order chi connectivity index (χ0) is 15.6. The quantitative estimate of drug-likeness (QED) is 0.535. The molecule has 120 valence electrons. The van der Waals surface area contributed by atoms with Gasteiger partial charge in [0.2, 0.25) is 5.91 Å². The first kappa shape index (κ1) is 18.2. The molecule has 0 bridgehead atoms. The smallest absolute Gasteiger partial charge is 0.226 e. The lowest BCUT2D eigenvalue weighted by Gasteiger charge is -2.28. The summed E-state index contributed by atoms with van der Waals surface area (Å²) in [6, 6.07) is 4.12. The van der Waals surface area contributed by atoms with E-state index in [4.69, 9.17) is 0 Å². The predicted molar refractivity (Wildman–Crippen MR) is 92.6 cm³/mol. The second-order valence-corrected chi connectivity index (χ2v) is 7.27. The van der Waals surface area contributed by atoms with Gasteiger partial charge in [-0.2, -0.15) is 0 Å². The van der Waals surface area contributed by atoms with Crippen molar-refractivity contribution in [1.29, 1.82) is 0 Å². The molecule has 1 aromatic heterocycles. The van der Waals surface area contributed by atoms with Crippen LogP contribution >= 0.6 is 11.3 Å². The fourth-order valence-electron chi connectivity index (χ4n) is 2.68. The number of unbranched alkanes of at least 4 members (excludes halogenated alkanes) is 4. The average Bonchev–Trinajstić information content (AvgIpc) is 2.98. The minimum atomic E-state index is -0.193. The first-order valence-electron chi connectivity index (χ1n) is 8.43. The van der Waals surface area contributed by atoms with E-state index in [1.54, 1.807) is 11.3 Å². The molecule has 0 aliphatic heterocycles. The van der Waals surface area contributed by atoms with Gasteiger partial charge < -0.3 is 5.32 Å². The summed E-state index contributed by atoms with van der Waals surface area (Å²) < 4.78 is 0. The molecule has 0 aromatic carbocycles. The van der Waals surface area contributed by atoms with E-state index in [1.165, 1.54) is 30.6 Å². The third-order valence-electron chi connectivity index (χ3n) is 4.22. The fourth-order valence-corrected chi connectivity index (χ4v) is 3.32. The van der Waals surface area contributed by atoms with E-state index in [-0.39, 0.29) is 11.3 Å². The van der Waals surface area contributed by atoms with Crippen molar-refractivity contribution in [3.63, 3.8) is 0 Å². The highest BCUT2D eigenvalue weighted by Crippen LogP contribution is 2.31. The summed E-state index contributed by atoms with van der Waals surface area (Å²) >= 11 is 1.70. The lowest BCUT2D eigenvalue weighted by molar-refractivity contribution is -0.131. The van der Waals surface area contributed by atoms with Crippen molar-refractivity contribution in [2.75, 3.05) is 0 Å². The number of carbonyl (C=O) groups is 1. The molecule has 0 atom stereocenters. The average molecular weight is 310 g/mol. The van der Waals surface area contributed by atoms with Gasteiger partial charge >= 0.3 is 0 Å². The summed E-state index contributed by atoms with van der Waals surface area (Å²) in [4.78, 5) is 13.9. The number of rotatable bonds is 11. The van der Waals surface area contributed by atoms with Gasteiger partial charge in [0.25, 0.3) is 0 Å². The topological polar surface area (TPSA) is 29.1 Å². The van der Waals surface area contributed by atoms with E-state index < -0.39 is 0 Å². The number of nitrogens with one attached hydrogen (secondary N) is 1. The van der Waals surface area contributed by atoms with Gasteiger partial charge in [-0.05, 0) is 24.3 Å². The van der Waals surface area contributed by atoms with Crippen LogP contribution in [0, 0.1) is 5.41 Å². The van der Waals surface area contributed by atoms with Gasteiger partial charge in [0.1, 0.15) is 0 Å². The Bertz CT molecular complexity index is 376. The molecular weight excluding hydrogens is 278 g/mol. The van der Waals surface area contributed by atoms with Gasteiger partial charge in [-0.25, -0.2) is 0 Å². The Morgan fingerprint density at radius 1 is 1.14 bits per heavy atom. The number of hydrogen-bond donors (Lipinski definition) is 1. The first-order chi connectivity index (χ1) is 10.1. The van der Waals surface area contributed by atoms with Gasteiger partial charge in [-0.3, -0.25) is 4.79 Å². The molecule has 1 amide bonds. The van der Waals surface area contributed by atoms with E-state index in [2.05, 4.69) is 37.5 Å². The summed E-state index contributed by atoms with van der Waals surface area (Å²) in [5.74, 6) is 0.239. The van der Waals surface area contributed by atoms with Crippen LogP contribution in [0.4, 0.5) is 0 Å². The van der Waals surface area contributed by atoms with Crippen molar-refractivity contribution >= 4 is 17.2 Å². The lowest BCUT2D eigenvalue weighted by atomic mass is 9.79. The SMILES string of the molecule is CCCCCC(C)(CCCCC)C(=O)NCc1cccs1. The molecule has 0 fully saturated rings. The van der Waals surface area contributed by atoms with Crippen LogP contribution in [0.15, 0.2) is 17.5 Å². The van der Waals surface area contributed by atoms with E-state index in [0.717, 1.165) is 25.7 Å².